The fraction of sp³-hybridized carbons (Fsp3) is 0.200. The van der Waals surface area contributed by atoms with Crippen LogP contribution in [-0.2, 0) is 19.1 Å². The molecule has 2 atom stereocenters. The van der Waals surface area contributed by atoms with E-state index in [1.807, 2.05) is 133 Å². The lowest BCUT2D eigenvalue weighted by atomic mass is 9.69. The maximum atomic E-state index is 14.0. The van der Waals surface area contributed by atoms with Crippen molar-refractivity contribution >= 4 is 57.7 Å². The van der Waals surface area contributed by atoms with E-state index in [0.717, 1.165) is 11.4 Å². The van der Waals surface area contributed by atoms with Crippen LogP contribution in [0, 0.1) is 10.8 Å². The monoisotopic (exact) mass is 966 g/mol. The number of ketones is 4. The van der Waals surface area contributed by atoms with Crippen molar-refractivity contribution in [1.29, 1.82) is 0 Å². The quantitative estimate of drug-likeness (QED) is 0.131. The highest BCUT2D eigenvalue weighted by atomic mass is 35.5. The summed E-state index contributed by atoms with van der Waals surface area (Å²) in [6, 6.07) is 52.0. The SMILES string of the molecule is CC1(C)CC(=O)C2=C(C1)OC(Nc1ccccc1)=C(C(=O)c1ccccc1)[C@@H]2c1ccccc1Cl.CC1(C)CC(=O)C2=C(C1)OC(Nc1ccccc1)=C(C(=O)c1ccccc1)[C@H]2c1ccccc1Cl. The van der Waals surface area contributed by atoms with Gasteiger partial charge in [-0.05, 0) is 58.4 Å². The van der Waals surface area contributed by atoms with Crippen molar-refractivity contribution in [2.75, 3.05) is 10.6 Å². The summed E-state index contributed by atoms with van der Waals surface area (Å²) >= 11 is 13.4. The second-order valence-electron chi connectivity index (χ2n) is 19.5. The number of para-hydroxylation sites is 2. The van der Waals surface area contributed by atoms with Crippen LogP contribution in [0.2, 0.25) is 10.0 Å². The highest BCUT2D eigenvalue weighted by molar-refractivity contribution is 6.32. The summed E-state index contributed by atoms with van der Waals surface area (Å²) < 4.78 is 12.8. The molecule has 0 amide bonds. The van der Waals surface area contributed by atoms with Gasteiger partial charge in [0.05, 0.1) is 23.0 Å². The van der Waals surface area contributed by atoms with Crippen molar-refractivity contribution in [3.05, 3.63) is 248 Å². The third-order valence-electron chi connectivity index (χ3n) is 12.9. The summed E-state index contributed by atoms with van der Waals surface area (Å²) in [4.78, 5) is 55.2. The second-order valence-corrected chi connectivity index (χ2v) is 20.3. The minimum atomic E-state index is -0.644. The number of carbonyl (C=O) groups excluding carboxylic acids is 4. The van der Waals surface area contributed by atoms with Gasteiger partial charge in [0, 0.05) is 69.4 Å². The van der Waals surface area contributed by atoms with Crippen LogP contribution in [0.3, 0.4) is 0 Å². The van der Waals surface area contributed by atoms with Gasteiger partial charge in [0.15, 0.2) is 23.1 Å². The fourth-order valence-corrected chi connectivity index (χ4v) is 10.3. The van der Waals surface area contributed by atoms with E-state index in [-0.39, 0.29) is 34.0 Å². The summed E-state index contributed by atoms with van der Waals surface area (Å²) in [5.41, 5.74) is 5.32. The molecule has 0 fully saturated rings. The van der Waals surface area contributed by atoms with Crippen molar-refractivity contribution in [2.45, 2.75) is 65.2 Å². The molecule has 10 heteroatoms. The Hall–Kier alpha value is -7.26. The maximum Gasteiger partial charge on any atom is 0.205 e. The Morgan fingerprint density at radius 2 is 0.771 bits per heavy atom. The minimum Gasteiger partial charge on any atom is -0.444 e. The van der Waals surface area contributed by atoms with Gasteiger partial charge in [0.25, 0.3) is 0 Å². The Kier molecular flexibility index (Phi) is 13.6. The number of halogens is 2. The first-order chi connectivity index (χ1) is 33.7. The van der Waals surface area contributed by atoms with Gasteiger partial charge in [0.1, 0.15) is 11.5 Å². The van der Waals surface area contributed by atoms with Gasteiger partial charge in [-0.3, -0.25) is 19.2 Å². The lowest BCUT2D eigenvalue weighted by Gasteiger charge is -2.39. The van der Waals surface area contributed by atoms with Gasteiger partial charge in [0.2, 0.25) is 11.8 Å². The molecule has 4 aliphatic rings. The van der Waals surface area contributed by atoms with Crippen molar-refractivity contribution in [1.82, 2.24) is 0 Å². The van der Waals surface area contributed by atoms with Crippen LogP contribution >= 0.6 is 23.2 Å². The normalized spacial score (nSPS) is 19.2. The zero-order valence-corrected chi connectivity index (χ0v) is 40.9. The Morgan fingerprint density at radius 3 is 1.11 bits per heavy atom. The summed E-state index contributed by atoms with van der Waals surface area (Å²) in [6.45, 7) is 8.23. The number of Topliss-reactive ketones (excluding diaryl/α,β-unsaturated/α-hetero) is 4. The number of benzene rings is 6. The van der Waals surface area contributed by atoms with Crippen LogP contribution in [0.4, 0.5) is 11.4 Å². The van der Waals surface area contributed by atoms with Crippen LogP contribution in [0.5, 0.6) is 0 Å². The molecular formula is C60H52Cl2N2O6. The number of rotatable bonds is 10. The van der Waals surface area contributed by atoms with Gasteiger partial charge in [-0.1, -0.05) is 184 Å². The van der Waals surface area contributed by atoms with Gasteiger partial charge in [-0.2, -0.15) is 0 Å². The van der Waals surface area contributed by atoms with Crippen molar-refractivity contribution in [3.63, 3.8) is 0 Å². The van der Waals surface area contributed by atoms with E-state index in [4.69, 9.17) is 32.7 Å². The number of hydrogen-bond acceptors (Lipinski definition) is 8. The Balaban J connectivity index is 0.000000174. The van der Waals surface area contributed by atoms with Gasteiger partial charge in [-0.25, -0.2) is 0 Å². The van der Waals surface area contributed by atoms with E-state index < -0.39 is 11.8 Å². The van der Waals surface area contributed by atoms with Crippen LogP contribution in [-0.4, -0.2) is 23.1 Å². The molecule has 0 radical (unpaired) electrons. The van der Waals surface area contributed by atoms with Crippen LogP contribution in [0.25, 0.3) is 0 Å². The molecule has 6 aromatic rings. The molecule has 6 aromatic carbocycles. The third-order valence-corrected chi connectivity index (χ3v) is 13.6. The molecule has 0 unspecified atom stereocenters. The average Bonchev–Trinajstić information content (AvgIpc) is 3.34. The van der Waals surface area contributed by atoms with Crippen molar-refractivity contribution < 1.29 is 28.7 Å². The molecule has 0 bridgehead atoms. The highest BCUT2D eigenvalue weighted by Crippen LogP contribution is 2.52. The molecule has 2 aliphatic heterocycles. The van der Waals surface area contributed by atoms with Gasteiger partial charge < -0.3 is 20.1 Å². The minimum absolute atomic E-state index is 0.0155. The predicted octanol–water partition coefficient (Wildman–Crippen LogP) is 14.6. The molecular weight excluding hydrogens is 916 g/mol. The van der Waals surface area contributed by atoms with E-state index in [1.54, 1.807) is 36.4 Å². The maximum absolute atomic E-state index is 14.0. The first-order valence-electron chi connectivity index (χ1n) is 23.4. The highest BCUT2D eigenvalue weighted by Gasteiger charge is 2.47. The molecule has 10 rings (SSSR count). The molecule has 0 saturated carbocycles. The Morgan fingerprint density at radius 1 is 0.457 bits per heavy atom. The topological polar surface area (TPSA) is 111 Å². The molecule has 352 valence electrons. The van der Waals surface area contributed by atoms with E-state index in [9.17, 15) is 19.2 Å². The number of carbonyl (C=O) groups is 4. The molecule has 8 nitrogen and oxygen atoms in total. The molecule has 2 aliphatic carbocycles. The number of anilines is 2. The summed E-state index contributed by atoms with van der Waals surface area (Å²) in [7, 11) is 0. The number of ether oxygens (including phenoxy) is 2. The fourth-order valence-electron chi connectivity index (χ4n) is 9.78. The smallest absolute Gasteiger partial charge is 0.205 e. The lowest BCUT2D eigenvalue weighted by Crippen LogP contribution is -2.35. The molecule has 2 heterocycles. The van der Waals surface area contributed by atoms with Gasteiger partial charge in [-0.15, -0.1) is 0 Å². The lowest BCUT2D eigenvalue weighted by molar-refractivity contribution is -0.119. The van der Waals surface area contributed by atoms with Crippen molar-refractivity contribution in [2.24, 2.45) is 10.8 Å². The van der Waals surface area contributed by atoms with E-state index in [2.05, 4.69) is 38.3 Å². The molecule has 2 N–H and O–H groups in total. The second kappa shape index (κ2) is 20.0. The van der Waals surface area contributed by atoms with Crippen LogP contribution in [0.15, 0.2) is 215 Å². The summed E-state index contributed by atoms with van der Waals surface area (Å²) in [6.07, 6.45) is 1.93. The van der Waals surface area contributed by atoms with E-state index in [0.29, 0.717) is 104 Å². The summed E-state index contributed by atoms with van der Waals surface area (Å²) in [5.74, 6) is 0.120. The Bertz CT molecular complexity index is 2930. The molecule has 0 spiro atoms. The number of hydrogen-bond donors (Lipinski definition) is 2. The number of nitrogens with one attached hydrogen (secondary N) is 2. The van der Waals surface area contributed by atoms with E-state index >= 15 is 0 Å². The standard InChI is InChI=1S/2C30H26ClNO3/c2*1-30(2)17-23(33)26-24(18-30)35-29(32-20-13-7-4-8-14-20)27(28(34)19-11-5-3-6-12-19)25(26)21-15-9-10-16-22(21)31/h2*3-16,25,32H,17-18H2,1-2H3/t2*25-/m10/s1. The summed E-state index contributed by atoms with van der Waals surface area (Å²) in [5, 5.41) is 7.65. The first-order valence-corrected chi connectivity index (χ1v) is 24.1. The van der Waals surface area contributed by atoms with Crippen LogP contribution < -0.4 is 10.6 Å². The average molecular weight is 968 g/mol. The molecule has 0 saturated heterocycles. The largest absolute Gasteiger partial charge is 0.444 e. The van der Waals surface area contributed by atoms with E-state index in [1.165, 1.54) is 0 Å². The predicted molar refractivity (Wildman–Crippen MR) is 276 cm³/mol. The van der Waals surface area contributed by atoms with Crippen molar-refractivity contribution in [3.8, 4) is 0 Å². The van der Waals surface area contributed by atoms with Crippen LogP contribution in [0.1, 0.15) is 97.1 Å². The van der Waals surface area contributed by atoms with Gasteiger partial charge >= 0.3 is 0 Å². The third kappa shape index (κ3) is 10.1. The zero-order valence-electron chi connectivity index (χ0n) is 39.4. The molecule has 70 heavy (non-hydrogen) atoms. The Labute approximate surface area is 418 Å². The zero-order chi connectivity index (χ0) is 49.2. The number of allylic oxidation sites excluding steroid dienone is 6. The first kappa shape index (κ1) is 47.8. The molecule has 0 aromatic heterocycles.